The summed E-state index contributed by atoms with van der Waals surface area (Å²) < 4.78 is 2.06. The van der Waals surface area contributed by atoms with Gasteiger partial charge in [-0.1, -0.05) is 42.1 Å². The highest BCUT2D eigenvalue weighted by Gasteiger charge is 2.09. The van der Waals surface area contributed by atoms with Crippen LogP contribution in [0, 0.1) is 0 Å². The maximum absolute atomic E-state index is 5.48. The first-order chi connectivity index (χ1) is 8.81. The Morgan fingerprint density at radius 3 is 2.72 bits per heavy atom. The molecule has 2 N–H and O–H groups in total. The summed E-state index contributed by atoms with van der Waals surface area (Å²) in [4.78, 5) is 0. The van der Waals surface area contributed by atoms with E-state index in [-0.39, 0.29) is 0 Å². The largest absolute Gasteiger partial charge is 0.330 e. The molecule has 0 aliphatic rings. The number of hydrogen-bond donors (Lipinski definition) is 1. The number of nitrogens with two attached hydrogens (primary N) is 1. The Morgan fingerprint density at radius 1 is 1.22 bits per heavy atom. The van der Waals surface area contributed by atoms with Crippen molar-refractivity contribution < 1.29 is 0 Å². The van der Waals surface area contributed by atoms with Crippen LogP contribution >= 0.6 is 11.8 Å². The van der Waals surface area contributed by atoms with Crippen molar-refractivity contribution in [1.29, 1.82) is 0 Å². The molecule has 0 saturated carbocycles. The van der Waals surface area contributed by atoms with Crippen molar-refractivity contribution in [3.8, 4) is 0 Å². The Hall–Kier alpha value is -1.33. The third-order valence-corrected chi connectivity index (χ3v) is 3.82. The molecule has 0 atom stereocenters. The first kappa shape index (κ1) is 13.1. The van der Waals surface area contributed by atoms with Crippen LogP contribution in [0.2, 0.25) is 0 Å². The Kier molecular flexibility index (Phi) is 4.78. The molecule has 0 unspecified atom stereocenters. The molecule has 0 spiro atoms. The molecule has 5 heteroatoms. The SMILES string of the molecule is Cn1c(Cc2ccccc2)nnc1SCCCN. The minimum Gasteiger partial charge on any atom is -0.330 e. The highest BCUT2D eigenvalue weighted by atomic mass is 32.2. The summed E-state index contributed by atoms with van der Waals surface area (Å²) in [5.74, 6) is 1.99. The Labute approximate surface area is 112 Å². The molecule has 2 aromatic rings. The van der Waals surface area contributed by atoms with Crippen LogP contribution < -0.4 is 5.73 Å². The van der Waals surface area contributed by atoms with Crippen LogP contribution in [0.25, 0.3) is 0 Å². The van der Waals surface area contributed by atoms with Crippen LogP contribution in [0.5, 0.6) is 0 Å². The van der Waals surface area contributed by atoms with Gasteiger partial charge in [-0.2, -0.15) is 0 Å². The van der Waals surface area contributed by atoms with Gasteiger partial charge in [-0.3, -0.25) is 0 Å². The van der Waals surface area contributed by atoms with Gasteiger partial charge in [0.1, 0.15) is 5.82 Å². The molecule has 0 aliphatic heterocycles. The van der Waals surface area contributed by atoms with E-state index in [1.54, 1.807) is 11.8 Å². The topological polar surface area (TPSA) is 56.7 Å². The number of nitrogens with zero attached hydrogens (tertiary/aromatic N) is 3. The van der Waals surface area contributed by atoms with Crippen molar-refractivity contribution in [1.82, 2.24) is 14.8 Å². The lowest BCUT2D eigenvalue weighted by Gasteiger charge is -2.03. The molecule has 0 fully saturated rings. The molecule has 0 amide bonds. The van der Waals surface area contributed by atoms with E-state index in [2.05, 4.69) is 26.9 Å². The first-order valence-electron chi connectivity index (χ1n) is 6.06. The molecule has 2 rings (SSSR count). The van der Waals surface area contributed by atoms with Crippen LogP contribution in [0.3, 0.4) is 0 Å². The monoisotopic (exact) mass is 262 g/mol. The van der Waals surface area contributed by atoms with Crippen molar-refractivity contribution in [2.45, 2.75) is 18.0 Å². The highest BCUT2D eigenvalue weighted by Crippen LogP contribution is 2.17. The zero-order chi connectivity index (χ0) is 12.8. The number of hydrogen-bond acceptors (Lipinski definition) is 4. The van der Waals surface area contributed by atoms with Gasteiger partial charge >= 0.3 is 0 Å². The van der Waals surface area contributed by atoms with E-state index < -0.39 is 0 Å². The molecule has 96 valence electrons. The summed E-state index contributed by atoms with van der Waals surface area (Å²) in [7, 11) is 2.02. The van der Waals surface area contributed by atoms with Gasteiger partial charge in [-0.15, -0.1) is 10.2 Å². The van der Waals surface area contributed by atoms with Gasteiger partial charge in [0.15, 0.2) is 5.16 Å². The third kappa shape index (κ3) is 3.34. The highest BCUT2D eigenvalue weighted by molar-refractivity contribution is 7.99. The van der Waals surface area contributed by atoms with Gasteiger partial charge in [0.25, 0.3) is 0 Å². The van der Waals surface area contributed by atoms with Crippen molar-refractivity contribution in [2.24, 2.45) is 12.8 Å². The van der Waals surface area contributed by atoms with Crippen LogP contribution in [0.15, 0.2) is 35.5 Å². The van der Waals surface area contributed by atoms with Gasteiger partial charge < -0.3 is 10.3 Å². The second-order valence-electron chi connectivity index (χ2n) is 4.11. The minimum absolute atomic E-state index is 0.724. The molecular weight excluding hydrogens is 244 g/mol. The molecule has 0 bridgehead atoms. The van der Waals surface area contributed by atoms with Gasteiger partial charge in [-0.25, -0.2) is 0 Å². The maximum Gasteiger partial charge on any atom is 0.190 e. The van der Waals surface area contributed by atoms with Crippen LogP contribution in [-0.2, 0) is 13.5 Å². The molecule has 1 heterocycles. The molecule has 0 aliphatic carbocycles. The Morgan fingerprint density at radius 2 is 2.00 bits per heavy atom. The van der Waals surface area contributed by atoms with Crippen LogP contribution in [0.4, 0.5) is 0 Å². The van der Waals surface area contributed by atoms with E-state index in [1.807, 2.05) is 25.2 Å². The second-order valence-corrected chi connectivity index (χ2v) is 5.17. The van der Waals surface area contributed by atoms with E-state index in [1.165, 1.54) is 5.56 Å². The van der Waals surface area contributed by atoms with Crippen molar-refractivity contribution in [3.05, 3.63) is 41.7 Å². The van der Waals surface area contributed by atoms with E-state index >= 15 is 0 Å². The van der Waals surface area contributed by atoms with E-state index in [4.69, 9.17) is 5.73 Å². The summed E-state index contributed by atoms with van der Waals surface area (Å²) in [5.41, 5.74) is 6.74. The molecule has 1 aromatic heterocycles. The summed E-state index contributed by atoms with van der Waals surface area (Å²) in [5, 5.41) is 9.44. The fourth-order valence-electron chi connectivity index (χ4n) is 1.65. The maximum atomic E-state index is 5.48. The average Bonchev–Trinajstić information content (AvgIpc) is 2.73. The summed E-state index contributed by atoms with van der Waals surface area (Å²) in [6.07, 6.45) is 1.83. The lowest BCUT2D eigenvalue weighted by Crippen LogP contribution is -2.02. The smallest absolute Gasteiger partial charge is 0.190 e. The fraction of sp³-hybridized carbons (Fsp3) is 0.385. The molecule has 0 saturated heterocycles. The predicted octanol–water partition coefficient (Wildman–Crippen LogP) is 1.85. The summed E-state index contributed by atoms with van der Waals surface area (Å²) in [6, 6.07) is 10.3. The average molecular weight is 262 g/mol. The first-order valence-corrected chi connectivity index (χ1v) is 7.05. The van der Waals surface area contributed by atoms with Gasteiger partial charge in [0.05, 0.1) is 0 Å². The normalized spacial score (nSPS) is 10.8. The van der Waals surface area contributed by atoms with Crippen molar-refractivity contribution in [3.63, 3.8) is 0 Å². The summed E-state index contributed by atoms with van der Waals surface area (Å²) in [6.45, 7) is 0.724. The lowest BCUT2D eigenvalue weighted by atomic mass is 10.1. The zero-order valence-electron chi connectivity index (χ0n) is 10.5. The summed E-state index contributed by atoms with van der Waals surface area (Å²) >= 11 is 1.71. The van der Waals surface area contributed by atoms with Crippen molar-refractivity contribution >= 4 is 11.8 Å². The molecule has 18 heavy (non-hydrogen) atoms. The number of benzene rings is 1. The Bertz CT molecular complexity index is 481. The van der Waals surface area contributed by atoms with Gasteiger partial charge in [-0.05, 0) is 18.5 Å². The molecule has 1 aromatic carbocycles. The number of thioether (sulfide) groups is 1. The predicted molar refractivity (Wildman–Crippen MR) is 74.6 cm³/mol. The van der Waals surface area contributed by atoms with Crippen LogP contribution in [-0.4, -0.2) is 27.1 Å². The molecular formula is C13H18N4S. The minimum atomic E-state index is 0.724. The van der Waals surface area contributed by atoms with Gasteiger partial charge in [0.2, 0.25) is 0 Å². The third-order valence-electron chi connectivity index (χ3n) is 2.71. The van der Waals surface area contributed by atoms with Gasteiger partial charge in [0, 0.05) is 19.2 Å². The lowest BCUT2D eigenvalue weighted by molar-refractivity contribution is 0.748. The van der Waals surface area contributed by atoms with Crippen molar-refractivity contribution in [2.75, 3.05) is 12.3 Å². The standard InChI is InChI=1S/C13H18N4S/c1-17-12(10-11-6-3-2-4-7-11)15-16-13(17)18-9-5-8-14/h2-4,6-7H,5,8-10,14H2,1H3. The fourth-order valence-corrected chi connectivity index (χ4v) is 2.54. The van der Waals surface area contributed by atoms with E-state index in [9.17, 15) is 0 Å². The van der Waals surface area contributed by atoms with E-state index in [0.717, 1.165) is 36.1 Å². The second kappa shape index (κ2) is 6.56. The number of aromatic nitrogens is 3. The van der Waals surface area contributed by atoms with Crippen LogP contribution in [0.1, 0.15) is 17.8 Å². The Balaban J connectivity index is 2.02. The quantitative estimate of drug-likeness (QED) is 0.637. The molecule has 0 radical (unpaired) electrons. The molecule has 4 nitrogen and oxygen atoms in total. The number of rotatable bonds is 6. The van der Waals surface area contributed by atoms with E-state index in [0.29, 0.717) is 0 Å². The zero-order valence-corrected chi connectivity index (χ0v) is 11.4.